The standard InChI is InChI=1S/C15H21F3N4O3/c1-3-5-7-20-9-19-12-11(20)13(24)22(8-10(23)15(16,17)18)14(25)21(12)6-4-2/h9-10,23H,3-8H2,1-2H3/t10-/m1/s1. The molecule has 0 saturated carbocycles. The predicted octanol–water partition coefficient (Wildman–Crippen LogP) is 1.49. The normalized spacial score (nSPS) is 13.5. The summed E-state index contributed by atoms with van der Waals surface area (Å²) in [6.45, 7) is 3.30. The Morgan fingerprint density at radius 3 is 2.40 bits per heavy atom. The molecule has 1 atom stereocenters. The van der Waals surface area contributed by atoms with E-state index in [1.807, 2.05) is 6.92 Å². The van der Waals surface area contributed by atoms with Gasteiger partial charge in [-0.25, -0.2) is 9.78 Å². The summed E-state index contributed by atoms with van der Waals surface area (Å²) in [7, 11) is 0. The predicted molar refractivity (Wildman–Crippen MR) is 85.5 cm³/mol. The summed E-state index contributed by atoms with van der Waals surface area (Å²) in [4.78, 5) is 29.2. The first-order chi connectivity index (χ1) is 11.7. The van der Waals surface area contributed by atoms with Gasteiger partial charge in [-0.2, -0.15) is 13.2 Å². The minimum atomic E-state index is -4.92. The van der Waals surface area contributed by atoms with Gasteiger partial charge in [0.15, 0.2) is 17.3 Å². The molecule has 0 bridgehead atoms. The fourth-order valence-electron chi connectivity index (χ4n) is 2.60. The van der Waals surface area contributed by atoms with Gasteiger partial charge in [0, 0.05) is 13.1 Å². The van der Waals surface area contributed by atoms with Gasteiger partial charge in [0.2, 0.25) is 0 Å². The van der Waals surface area contributed by atoms with Crippen LogP contribution in [0.2, 0.25) is 0 Å². The van der Waals surface area contributed by atoms with Gasteiger partial charge in [-0.1, -0.05) is 20.3 Å². The average molecular weight is 362 g/mol. The molecule has 7 nitrogen and oxygen atoms in total. The lowest BCUT2D eigenvalue weighted by Crippen LogP contribution is -2.45. The van der Waals surface area contributed by atoms with Crippen molar-refractivity contribution in [3.05, 3.63) is 27.2 Å². The fourth-order valence-corrected chi connectivity index (χ4v) is 2.60. The maximum Gasteiger partial charge on any atom is 0.416 e. The molecular formula is C15H21F3N4O3. The molecule has 0 aliphatic carbocycles. The van der Waals surface area contributed by atoms with Crippen LogP contribution < -0.4 is 11.2 Å². The monoisotopic (exact) mass is 362 g/mol. The lowest BCUT2D eigenvalue weighted by atomic mass is 10.3. The zero-order chi connectivity index (χ0) is 18.8. The van der Waals surface area contributed by atoms with Gasteiger partial charge in [-0.05, 0) is 12.8 Å². The van der Waals surface area contributed by atoms with E-state index in [-0.39, 0.29) is 17.7 Å². The number of imidazole rings is 1. The Balaban J connectivity index is 2.68. The van der Waals surface area contributed by atoms with Crippen LogP contribution in [-0.2, 0) is 19.6 Å². The van der Waals surface area contributed by atoms with Crippen molar-refractivity contribution in [2.45, 2.75) is 65.0 Å². The third-order valence-corrected chi connectivity index (χ3v) is 3.92. The second kappa shape index (κ2) is 7.42. The number of unbranched alkanes of at least 4 members (excludes halogenated alkanes) is 1. The van der Waals surface area contributed by atoms with Crippen LogP contribution in [0.25, 0.3) is 11.2 Å². The highest BCUT2D eigenvalue weighted by Gasteiger charge is 2.39. The number of hydrogen-bond donors (Lipinski definition) is 1. The van der Waals surface area contributed by atoms with Crippen LogP contribution in [0, 0.1) is 0 Å². The second-order valence-electron chi connectivity index (χ2n) is 5.87. The number of nitrogens with zero attached hydrogens (tertiary/aromatic N) is 4. The Kier molecular flexibility index (Phi) is 5.71. The van der Waals surface area contributed by atoms with Crippen molar-refractivity contribution in [2.75, 3.05) is 0 Å². The molecule has 2 heterocycles. The van der Waals surface area contributed by atoms with E-state index in [1.165, 1.54) is 10.9 Å². The van der Waals surface area contributed by atoms with E-state index >= 15 is 0 Å². The molecule has 140 valence electrons. The molecule has 2 aromatic rings. The van der Waals surface area contributed by atoms with Crippen molar-refractivity contribution in [3.63, 3.8) is 0 Å². The Bertz CT molecular complexity index is 851. The van der Waals surface area contributed by atoms with Crippen LogP contribution in [-0.4, -0.2) is 36.1 Å². The molecular weight excluding hydrogens is 341 g/mol. The summed E-state index contributed by atoms with van der Waals surface area (Å²) < 4.78 is 41.1. The molecule has 0 amide bonds. The van der Waals surface area contributed by atoms with Gasteiger partial charge in [0.25, 0.3) is 5.56 Å². The van der Waals surface area contributed by atoms with Crippen LogP contribution in [0.1, 0.15) is 33.1 Å². The summed E-state index contributed by atoms with van der Waals surface area (Å²) in [5.74, 6) is 0. The van der Waals surface area contributed by atoms with Gasteiger partial charge < -0.3 is 9.67 Å². The molecule has 0 aromatic carbocycles. The largest absolute Gasteiger partial charge is 0.416 e. The smallest absolute Gasteiger partial charge is 0.382 e. The highest BCUT2D eigenvalue weighted by Crippen LogP contribution is 2.20. The molecule has 1 N–H and O–H groups in total. The highest BCUT2D eigenvalue weighted by molar-refractivity contribution is 5.70. The van der Waals surface area contributed by atoms with Crippen LogP contribution >= 0.6 is 0 Å². The number of aromatic nitrogens is 4. The third kappa shape index (κ3) is 3.78. The SMILES string of the molecule is CCCCn1cnc2c1c(=O)n(C[C@@H](O)C(F)(F)F)c(=O)n2CCC. The Morgan fingerprint density at radius 1 is 1.16 bits per heavy atom. The minimum Gasteiger partial charge on any atom is -0.382 e. The minimum absolute atomic E-state index is 0.0795. The number of rotatable bonds is 7. The van der Waals surface area contributed by atoms with E-state index in [4.69, 9.17) is 0 Å². The lowest BCUT2D eigenvalue weighted by molar-refractivity contribution is -0.207. The van der Waals surface area contributed by atoms with E-state index in [0.717, 1.165) is 12.8 Å². The fraction of sp³-hybridized carbons (Fsp3) is 0.667. The molecule has 0 spiro atoms. The van der Waals surface area contributed by atoms with E-state index in [9.17, 15) is 27.9 Å². The molecule has 25 heavy (non-hydrogen) atoms. The van der Waals surface area contributed by atoms with E-state index in [0.29, 0.717) is 17.5 Å². The van der Waals surface area contributed by atoms with E-state index < -0.39 is 30.1 Å². The summed E-state index contributed by atoms with van der Waals surface area (Å²) in [6.07, 6.45) is -4.15. The maximum atomic E-state index is 12.7. The second-order valence-corrected chi connectivity index (χ2v) is 5.87. The van der Waals surface area contributed by atoms with Crippen LogP contribution in [0.15, 0.2) is 15.9 Å². The van der Waals surface area contributed by atoms with Crippen molar-refractivity contribution in [1.82, 2.24) is 18.7 Å². The van der Waals surface area contributed by atoms with E-state index in [1.54, 1.807) is 11.5 Å². The first-order valence-corrected chi connectivity index (χ1v) is 8.15. The van der Waals surface area contributed by atoms with Crippen molar-refractivity contribution in [3.8, 4) is 0 Å². The lowest BCUT2D eigenvalue weighted by Gasteiger charge is -2.17. The summed E-state index contributed by atoms with van der Waals surface area (Å²) >= 11 is 0. The van der Waals surface area contributed by atoms with Crippen LogP contribution in [0.3, 0.4) is 0 Å². The molecule has 0 saturated heterocycles. The van der Waals surface area contributed by atoms with Crippen molar-refractivity contribution >= 4 is 11.2 Å². The number of alkyl halides is 3. The Morgan fingerprint density at radius 2 is 1.84 bits per heavy atom. The number of hydrogen-bond acceptors (Lipinski definition) is 4. The van der Waals surface area contributed by atoms with Gasteiger partial charge >= 0.3 is 11.9 Å². The Hall–Kier alpha value is -2.10. The van der Waals surface area contributed by atoms with Gasteiger partial charge in [0.05, 0.1) is 12.9 Å². The summed E-state index contributed by atoms with van der Waals surface area (Å²) in [5, 5.41) is 9.29. The summed E-state index contributed by atoms with van der Waals surface area (Å²) in [5.41, 5.74) is -1.53. The van der Waals surface area contributed by atoms with Gasteiger partial charge in [0.1, 0.15) is 0 Å². The topological polar surface area (TPSA) is 82.1 Å². The van der Waals surface area contributed by atoms with E-state index in [2.05, 4.69) is 4.98 Å². The highest BCUT2D eigenvalue weighted by atomic mass is 19.4. The summed E-state index contributed by atoms with van der Waals surface area (Å²) in [6, 6.07) is 0. The van der Waals surface area contributed by atoms with Crippen LogP contribution in [0.5, 0.6) is 0 Å². The molecule has 0 aliphatic heterocycles. The number of aliphatic hydroxyl groups excluding tert-OH is 1. The maximum absolute atomic E-state index is 12.7. The average Bonchev–Trinajstić information content (AvgIpc) is 2.96. The number of aryl methyl sites for hydroxylation is 2. The van der Waals surface area contributed by atoms with Crippen molar-refractivity contribution in [1.29, 1.82) is 0 Å². The zero-order valence-corrected chi connectivity index (χ0v) is 14.1. The quantitative estimate of drug-likeness (QED) is 0.809. The zero-order valence-electron chi connectivity index (χ0n) is 14.1. The molecule has 0 unspecified atom stereocenters. The van der Waals surface area contributed by atoms with Crippen molar-refractivity contribution in [2.24, 2.45) is 0 Å². The number of halogens is 3. The molecule has 0 radical (unpaired) electrons. The number of aliphatic hydroxyl groups is 1. The molecule has 0 aliphatic rings. The third-order valence-electron chi connectivity index (χ3n) is 3.92. The van der Waals surface area contributed by atoms with Crippen molar-refractivity contribution < 1.29 is 18.3 Å². The molecule has 0 fully saturated rings. The molecule has 2 rings (SSSR count). The Labute approximate surface area is 141 Å². The first kappa shape index (κ1) is 19.2. The molecule has 10 heteroatoms. The van der Waals surface area contributed by atoms with Crippen LogP contribution in [0.4, 0.5) is 13.2 Å². The van der Waals surface area contributed by atoms with Gasteiger partial charge in [-0.3, -0.25) is 13.9 Å². The number of fused-ring (bicyclic) bond motifs is 1. The first-order valence-electron chi connectivity index (χ1n) is 8.15. The van der Waals surface area contributed by atoms with Gasteiger partial charge in [-0.15, -0.1) is 0 Å². The molecule has 2 aromatic heterocycles.